The molecule has 0 amide bonds. The van der Waals surface area contributed by atoms with Gasteiger partial charge >= 0.3 is 0 Å². The molecule has 2 rings (SSSR count). The average Bonchev–Trinajstić information content (AvgIpc) is 2.77. The Morgan fingerprint density at radius 2 is 2.00 bits per heavy atom. The second kappa shape index (κ2) is 5.75. The Balaban J connectivity index is 2.16. The van der Waals surface area contributed by atoms with Crippen LogP contribution in [0.5, 0.6) is 11.5 Å². The van der Waals surface area contributed by atoms with Crippen LogP contribution in [-0.4, -0.2) is 14.9 Å². The smallest absolute Gasteiger partial charge is 0.165 e. The summed E-state index contributed by atoms with van der Waals surface area (Å²) in [6, 6.07) is 5.83. The zero-order valence-corrected chi connectivity index (χ0v) is 12.8. The lowest BCUT2D eigenvalue weighted by Gasteiger charge is -2.09. The predicted octanol–water partition coefficient (Wildman–Crippen LogP) is 4.07. The van der Waals surface area contributed by atoms with Crippen molar-refractivity contribution in [1.29, 1.82) is 0 Å². The van der Waals surface area contributed by atoms with Crippen molar-refractivity contribution >= 4 is 15.9 Å². The van der Waals surface area contributed by atoms with Crippen LogP contribution < -0.4 is 4.74 Å². The van der Waals surface area contributed by atoms with Crippen molar-refractivity contribution in [1.82, 2.24) is 9.78 Å². The third kappa shape index (κ3) is 3.36. The van der Waals surface area contributed by atoms with E-state index in [1.54, 1.807) is 13.1 Å². The fourth-order valence-electron chi connectivity index (χ4n) is 1.70. The van der Waals surface area contributed by atoms with Crippen molar-refractivity contribution in [2.75, 3.05) is 0 Å². The van der Waals surface area contributed by atoms with E-state index in [4.69, 9.17) is 4.74 Å². The van der Waals surface area contributed by atoms with Crippen molar-refractivity contribution in [2.45, 2.75) is 32.9 Å². The third-order valence-electron chi connectivity index (χ3n) is 2.76. The minimum absolute atomic E-state index is 0.307. The number of nitrogens with zero attached hydrogens (tertiary/aromatic N) is 2. The molecule has 0 fully saturated rings. The lowest BCUT2D eigenvalue weighted by atomic mass is 10.1. The van der Waals surface area contributed by atoms with Crippen LogP contribution in [0.4, 0.5) is 0 Å². The van der Waals surface area contributed by atoms with Gasteiger partial charge in [-0.15, -0.1) is 0 Å². The lowest BCUT2D eigenvalue weighted by Crippen LogP contribution is -1.99. The van der Waals surface area contributed by atoms with Crippen LogP contribution in [0.25, 0.3) is 0 Å². The maximum atomic E-state index is 9.57. The lowest BCUT2D eigenvalue weighted by molar-refractivity contribution is 0.198. The van der Waals surface area contributed by atoms with Gasteiger partial charge < -0.3 is 9.84 Å². The number of aliphatic hydroxyl groups is 1. The Kier molecular flexibility index (Phi) is 4.27. The molecule has 5 heteroatoms. The first-order chi connectivity index (χ1) is 8.97. The summed E-state index contributed by atoms with van der Waals surface area (Å²) in [5.74, 6) is 1.41. The zero-order chi connectivity index (χ0) is 14.0. The molecule has 1 atom stereocenters. The summed E-state index contributed by atoms with van der Waals surface area (Å²) in [5.41, 5.74) is 0.838. The Hall–Kier alpha value is -1.33. The van der Waals surface area contributed by atoms with Gasteiger partial charge in [-0.3, -0.25) is 4.68 Å². The van der Waals surface area contributed by atoms with Crippen molar-refractivity contribution in [2.24, 2.45) is 0 Å². The number of aromatic nitrogens is 2. The van der Waals surface area contributed by atoms with Gasteiger partial charge in [0, 0.05) is 10.5 Å². The van der Waals surface area contributed by atoms with Crippen LogP contribution in [0.3, 0.4) is 0 Å². The molecule has 1 aromatic carbocycles. The van der Waals surface area contributed by atoms with E-state index >= 15 is 0 Å². The number of hydrogen-bond donors (Lipinski definition) is 1. The molecule has 0 bridgehead atoms. The number of rotatable bonds is 4. The summed E-state index contributed by atoms with van der Waals surface area (Å²) in [4.78, 5) is 0. The summed E-state index contributed by atoms with van der Waals surface area (Å²) in [7, 11) is 0. The van der Waals surface area contributed by atoms with Crippen LogP contribution in [0.15, 0.2) is 35.1 Å². The van der Waals surface area contributed by atoms with Gasteiger partial charge in [0.25, 0.3) is 0 Å². The molecule has 1 aromatic heterocycles. The molecule has 0 radical (unpaired) electrons. The van der Waals surface area contributed by atoms with Crippen molar-refractivity contribution in [3.05, 3.63) is 40.6 Å². The molecule has 0 spiro atoms. The van der Waals surface area contributed by atoms with E-state index in [1.165, 1.54) is 0 Å². The molecule has 0 saturated carbocycles. The van der Waals surface area contributed by atoms with Gasteiger partial charge in [-0.1, -0.05) is 22.0 Å². The van der Waals surface area contributed by atoms with Crippen LogP contribution in [0.2, 0.25) is 0 Å². The van der Waals surface area contributed by atoms with Gasteiger partial charge in [0.2, 0.25) is 0 Å². The summed E-state index contributed by atoms with van der Waals surface area (Å²) < 4.78 is 8.40. The molecular weight excluding hydrogens is 308 g/mol. The van der Waals surface area contributed by atoms with Gasteiger partial charge in [-0.05, 0) is 38.5 Å². The number of hydrogen-bond acceptors (Lipinski definition) is 3. The number of benzene rings is 1. The molecule has 0 aliphatic rings. The maximum Gasteiger partial charge on any atom is 0.165 e. The highest BCUT2D eigenvalue weighted by Gasteiger charge is 2.09. The SMILES string of the molecule is CC(O)c1ccc(Oc2cnn(C(C)C)c2)cc1Br. The second-order valence-electron chi connectivity index (χ2n) is 4.71. The van der Waals surface area contributed by atoms with Gasteiger partial charge in [-0.25, -0.2) is 0 Å². The first-order valence-electron chi connectivity index (χ1n) is 6.17. The van der Waals surface area contributed by atoms with E-state index < -0.39 is 6.10 Å². The van der Waals surface area contributed by atoms with E-state index in [-0.39, 0.29) is 0 Å². The van der Waals surface area contributed by atoms with E-state index in [9.17, 15) is 5.11 Å². The minimum atomic E-state index is -0.507. The molecule has 1 N–H and O–H groups in total. The Morgan fingerprint density at radius 3 is 2.53 bits per heavy atom. The monoisotopic (exact) mass is 324 g/mol. The normalized spacial score (nSPS) is 12.7. The summed E-state index contributed by atoms with van der Waals surface area (Å²) in [6.07, 6.45) is 3.05. The fraction of sp³-hybridized carbons (Fsp3) is 0.357. The molecule has 0 aliphatic heterocycles. The quantitative estimate of drug-likeness (QED) is 0.922. The number of ether oxygens (including phenoxy) is 1. The highest BCUT2D eigenvalue weighted by Crippen LogP contribution is 2.30. The van der Waals surface area contributed by atoms with Crippen molar-refractivity contribution in [3.63, 3.8) is 0 Å². The van der Waals surface area contributed by atoms with E-state index in [1.807, 2.05) is 29.1 Å². The van der Waals surface area contributed by atoms with Crippen LogP contribution >= 0.6 is 15.9 Å². The predicted molar refractivity (Wildman–Crippen MR) is 77.5 cm³/mol. The first kappa shape index (κ1) is 14.1. The fourth-order valence-corrected chi connectivity index (χ4v) is 2.39. The highest BCUT2D eigenvalue weighted by molar-refractivity contribution is 9.10. The average molecular weight is 325 g/mol. The Morgan fingerprint density at radius 1 is 1.26 bits per heavy atom. The van der Waals surface area contributed by atoms with Crippen LogP contribution in [-0.2, 0) is 0 Å². The van der Waals surface area contributed by atoms with E-state index in [0.717, 1.165) is 10.0 Å². The minimum Gasteiger partial charge on any atom is -0.454 e. The Bertz CT molecular complexity index is 564. The molecule has 4 nitrogen and oxygen atoms in total. The molecule has 1 heterocycles. The summed E-state index contributed by atoms with van der Waals surface area (Å²) in [6.45, 7) is 5.85. The van der Waals surface area contributed by atoms with E-state index in [2.05, 4.69) is 34.9 Å². The topological polar surface area (TPSA) is 47.3 Å². The molecule has 0 aliphatic carbocycles. The van der Waals surface area contributed by atoms with Gasteiger partial charge in [0.15, 0.2) is 5.75 Å². The molecule has 102 valence electrons. The third-order valence-corrected chi connectivity index (χ3v) is 3.45. The second-order valence-corrected chi connectivity index (χ2v) is 5.57. The van der Waals surface area contributed by atoms with Gasteiger partial charge in [-0.2, -0.15) is 5.10 Å². The molecule has 1 unspecified atom stereocenters. The zero-order valence-electron chi connectivity index (χ0n) is 11.2. The summed E-state index contributed by atoms with van der Waals surface area (Å²) in [5, 5.41) is 13.8. The first-order valence-corrected chi connectivity index (χ1v) is 6.96. The molecule has 19 heavy (non-hydrogen) atoms. The number of halogens is 1. The summed E-state index contributed by atoms with van der Waals surface area (Å²) >= 11 is 3.43. The van der Waals surface area contributed by atoms with Gasteiger partial charge in [0.05, 0.1) is 18.5 Å². The molecular formula is C14H17BrN2O2. The number of aliphatic hydroxyl groups excluding tert-OH is 1. The standard InChI is InChI=1S/C14H17BrN2O2/c1-9(2)17-8-12(7-16-17)19-11-4-5-13(10(3)18)14(15)6-11/h4-10,18H,1-3H3. The highest BCUT2D eigenvalue weighted by atomic mass is 79.9. The van der Waals surface area contributed by atoms with Crippen molar-refractivity contribution < 1.29 is 9.84 Å². The van der Waals surface area contributed by atoms with Gasteiger partial charge in [0.1, 0.15) is 5.75 Å². The van der Waals surface area contributed by atoms with Crippen LogP contribution in [0, 0.1) is 0 Å². The van der Waals surface area contributed by atoms with E-state index in [0.29, 0.717) is 17.5 Å². The Labute approximate surface area is 121 Å². The maximum absolute atomic E-state index is 9.57. The van der Waals surface area contributed by atoms with Crippen LogP contribution in [0.1, 0.15) is 38.5 Å². The van der Waals surface area contributed by atoms with Crippen molar-refractivity contribution in [3.8, 4) is 11.5 Å². The molecule has 2 aromatic rings. The largest absolute Gasteiger partial charge is 0.454 e. The molecule has 0 saturated heterocycles.